The molecular weight excluding hydrogens is 469 g/mol. The van der Waals surface area contributed by atoms with Gasteiger partial charge in [-0.1, -0.05) is 18.2 Å². The lowest BCUT2D eigenvalue weighted by molar-refractivity contribution is -0.118. The van der Waals surface area contributed by atoms with Crippen LogP contribution in [0.1, 0.15) is 17.9 Å². The number of halogens is 3. The molecule has 5 aromatic rings. The van der Waals surface area contributed by atoms with Gasteiger partial charge in [-0.25, -0.2) is 23.1 Å². The van der Waals surface area contributed by atoms with Crippen molar-refractivity contribution >= 4 is 22.9 Å². The van der Waals surface area contributed by atoms with Crippen LogP contribution < -0.4 is 5.32 Å². The molecule has 0 aliphatic rings. The Morgan fingerprint density at radius 2 is 1.72 bits per heavy atom. The molecule has 4 aromatic heterocycles. The fourth-order valence-electron chi connectivity index (χ4n) is 4.02. The first-order valence-corrected chi connectivity index (χ1v) is 11.0. The van der Waals surface area contributed by atoms with Crippen molar-refractivity contribution in [3.05, 3.63) is 90.8 Å². The summed E-state index contributed by atoms with van der Waals surface area (Å²) in [5.41, 5.74) is 4.20. The van der Waals surface area contributed by atoms with Crippen LogP contribution in [0.3, 0.4) is 0 Å². The first-order chi connectivity index (χ1) is 17.5. The number of benzene rings is 1. The van der Waals surface area contributed by atoms with Crippen molar-refractivity contribution in [3.8, 4) is 22.5 Å². The number of anilines is 1. The summed E-state index contributed by atoms with van der Waals surface area (Å²) in [4.78, 5) is 33.7. The van der Waals surface area contributed by atoms with Gasteiger partial charge < -0.3 is 10.3 Å². The molecule has 36 heavy (non-hydrogen) atoms. The topological polar surface area (TPSA) is 96.5 Å². The highest BCUT2D eigenvalue weighted by Gasteiger charge is 2.26. The number of pyridine rings is 2. The van der Waals surface area contributed by atoms with Crippen LogP contribution in [0.5, 0.6) is 0 Å². The maximum absolute atomic E-state index is 13.3. The van der Waals surface area contributed by atoms with Crippen LogP contribution in [0.25, 0.3) is 33.7 Å². The van der Waals surface area contributed by atoms with Crippen LogP contribution in [0.4, 0.5) is 19.0 Å². The number of alkyl halides is 2. The van der Waals surface area contributed by atoms with Gasteiger partial charge in [0.2, 0.25) is 12.3 Å². The van der Waals surface area contributed by atoms with E-state index in [0.29, 0.717) is 28.1 Å². The minimum atomic E-state index is -2.72. The van der Waals surface area contributed by atoms with Crippen LogP contribution in [0, 0.1) is 5.82 Å². The summed E-state index contributed by atoms with van der Waals surface area (Å²) in [6.07, 6.45) is 2.90. The standard InChI is InChI=1S/C26H19F3N6O/c27-17-6-4-15(5-7-17)18(14-20(28)29)26(36)34-21-13-16(8-10-31-21)23-22(19-3-1-2-9-30-19)24-25(35-23)33-12-11-32-24/h1-13,18,20H,14H2,(H,33,35)(H,31,34,36). The predicted molar refractivity (Wildman–Crippen MR) is 129 cm³/mol. The van der Waals surface area contributed by atoms with Crippen LogP contribution in [-0.2, 0) is 4.79 Å². The van der Waals surface area contributed by atoms with Crippen molar-refractivity contribution in [2.45, 2.75) is 18.8 Å². The number of fused-ring (bicyclic) bond motifs is 1. The molecule has 1 aromatic carbocycles. The van der Waals surface area contributed by atoms with Crippen LogP contribution in [0.15, 0.2) is 79.4 Å². The van der Waals surface area contributed by atoms with Crippen molar-refractivity contribution in [2.24, 2.45) is 0 Å². The Hall–Kier alpha value is -4.60. The smallest absolute Gasteiger partial charge is 0.239 e. The Balaban J connectivity index is 1.50. The van der Waals surface area contributed by atoms with Crippen molar-refractivity contribution in [3.63, 3.8) is 0 Å². The second kappa shape index (κ2) is 9.95. The Morgan fingerprint density at radius 1 is 0.917 bits per heavy atom. The van der Waals surface area contributed by atoms with Gasteiger partial charge in [0.15, 0.2) is 5.65 Å². The number of nitrogens with zero attached hydrogens (tertiary/aromatic N) is 4. The quantitative estimate of drug-likeness (QED) is 0.311. The molecule has 0 fully saturated rings. The lowest BCUT2D eigenvalue weighted by atomic mass is 9.95. The fraction of sp³-hybridized carbons (Fsp3) is 0.115. The summed E-state index contributed by atoms with van der Waals surface area (Å²) in [7, 11) is 0. The zero-order valence-electron chi connectivity index (χ0n) is 18.7. The molecule has 2 N–H and O–H groups in total. The van der Waals surface area contributed by atoms with Gasteiger partial charge in [0, 0.05) is 36.8 Å². The molecule has 10 heteroatoms. The second-order valence-corrected chi connectivity index (χ2v) is 7.99. The Bertz CT molecular complexity index is 1510. The predicted octanol–water partition coefficient (Wildman–Crippen LogP) is 5.60. The molecule has 0 saturated carbocycles. The van der Waals surface area contributed by atoms with Crippen molar-refractivity contribution < 1.29 is 18.0 Å². The minimum absolute atomic E-state index is 0.172. The highest BCUT2D eigenvalue weighted by atomic mass is 19.3. The number of carbonyl (C=O) groups is 1. The van der Waals surface area contributed by atoms with E-state index in [0.717, 1.165) is 17.7 Å². The minimum Gasteiger partial charge on any atom is -0.337 e. The lowest BCUT2D eigenvalue weighted by Gasteiger charge is -2.17. The monoisotopic (exact) mass is 488 g/mol. The molecule has 0 aliphatic carbocycles. The number of aromatic nitrogens is 5. The number of hydrogen-bond acceptors (Lipinski definition) is 5. The first kappa shape index (κ1) is 23.2. The molecule has 0 spiro atoms. The van der Waals surface area contributed by atoms with E-state index >= 15 is 0 Å². The Morgan fingerprint density at radius 3 is 2.47 bits per heavy atom. The summed E-state index contributed by atoms with van der Waals surface area (Å²) in [6, 6.07) is 13.8. The molecule has 7 nitrogen and oxygen atoms in total. The normalized spacial score (nSPS) is 12.1. The summed E-state index contributed by atoms with van der Waals surface area (Å²) in [5.74, 6) is -2.20. The average Bonchev–Trinajstić information content (AvgIpc) is 3.28. The highest BCUT2D eigenvalue weighted by molar-refractivity contribution is 6.00. The van der Waals surface area contributed by atoms with Crippen molar-refractivity contribution in [1.29, 1.82) is 0 Å². The Kier molecular flexibility index (Phi) is 6.40. The third kappa shape index (κ3) is 4.78. The van der Waals surface area contributed by atoms with Gasteiger partial charge in [-0.3, -0.25) is 14.8 Å². The van der Waals surface area contributed by atoms with Crippen molar-refractivity contribution in [1.82, 2.24) is 24.9 Å². The van der Waals surface area contributed by atoms with Gasteiger partial charge in [-0.15, -0.1) is 0 Å². The number of aromatic amines is 1. The average molecular weight is 488 g/mol. The molecule has 0 bridgehead atoms. The van der Waals surface area contributed by atoms with E-state index in [-0.39, 0.29) is 11.4 Å². The number of amides is 1. The van der Waals surface area contributed by atoms with Gasteiger partial charge in [0.25, 0.3) is 0 Å². The number of rotatable bonds is 7. The summed E-state index contributed by atoms with van der Waals surface area (Å²) in [6.45, 7) is 0. The second-order valence-electron chi connectivity index (χ2n) is 7.99. The SMILES string of the molecule is O=C(Nc1cc(-c2[nH]c3nccnc3c2-c2ccccn2)ccn1)C(CC(F)F)c1ccc(F)cc1. The lowest BCUT2D eigenvalue weighted by Crippen LogP contribution is -2.23. The molecule has 1 atom stereocenters. The molecule has 1 unspecified atom stereocenters. The highest BCUT2D eigenvalue weighted by Crippen LogP contribution is 2.36. The van der Waals surface area contributed by atoms with Gasteiger partial charge in [0.1, 0.15) is 17.2 Å². The molecule has 180 valence electrons. The van der Waals surface area contributed by atoms with Crippen LogP contribution in [-0.4, -0.2) is 37.3 Å². The zero-order chi connectivity index (χ0) is 25.1. The summed E-state index contributed by atoms with van der Waals surface area (Å²) in [5, 5.41) is 2.63. The van der Waals surface area contributed by atoms with Crippen molar-refractivity contribution in [2.75, 3.05) is 5.32 Å². The van der Waals surface area contributed by atoms with Crippen LogP contribution >= 0.6 is 0 Å². The third-order valence-corrected chi connectivity index (χ3v) is 5.65. The molecule has 0 aliphatic heterocycles. The third-order valence-electron chi connectivity index (χ3n) is 5.65. The van der Waals surface area contributed by atoms with Gasteiger partial charge >= 0.3 is 0 Å². The number of H-pyrrole nitrogens is 1. The number of nitrogens with one attached hydrogen (secondary N) is 2. The maximum atomic E-state index is 13.3. The van der Waals surface area contributed by atoms with E-state index in [2.05, 4.69) is 30.2 Å². The fourth-order valence-corrected chi connectivity index (χ4v) is 4.02. The Labute approximate surface area is 203 Å². The molecular formula is C26H19F3N6O. The van der Waals surface area contributed by atoms with E-state index in [4.69, 9.17) is 0 Å². The number of hydrogen-bond donors (Lipinski definition) is 2. The van der Waals surface area contributed by atoms with E-state index in [9.17, 15) is 18.0 Å². The van der Waals surface area contributed by atoms with Gasteiger partial charge in [0.05, 0.1) is 22.9 Å². The summed E-state index contributed by atoms with van der Waals surface area (Å²) < 4.78 is 39.8. The molecule has 5 rings (SSSR count). The maximum Gasteiger partial charge on any atom is 0.239 e. The van der Waals surface area contributed by atoms with Gasteiger partial charge in [-0.05, 0) is 42.0 Å². The zero-order valence-corrected chi connectivity index (χ0v) is 18.7. The van der Waals surface area contributed by atoms with E-state index in [1.165, 1.54) is 18.3 Å². The summed E-state index contributed by atoms with van der Waals surface area (Å²) >= 11 is 0. The molecule has 0 saturated heterocycles. The van der Waals surface area contributed by atoms with E-state index < -0.39 is 30.5 Å². The van der Waals surface area contributed by atoms with E-state index in [1.807, 2.05) is 12.1 Å². The van der Waals surface area contributed by atoms with Gasteiger partial charge in [-0.2, -0.15) is 0 Å². The van der Waals surface area contributed by atoms with E-state index in [1.54, 1.807) is 36.8 Å². The van der Waals surface area contributed by atoms with Crippen LogP contribution in [0.2, 0.25) is 0 Å². The number of carbonyl (C=O) groups excluding carboxylic acids is 1. The molecule has 1 amide bonds. The first-order valence-electron chi connectivity index (χ1n) is 11.0. The largest absolute Gasteiger partial charge is 0.337 e. The molecule has 0 radical (unpaired) electrons. The molecule has 4 heterocycles.